The zero-order chi connectivity index (χ0) is 19.3. The van der Waals surface area contributed by atoms with Crippen molar-refractivity contribution in [3.63, 3.8) is 0 Å². The van der Waals surface area contributed by atoms with E-state index < -0.39 is 32.5 Å². The van der Waals surface area contributed by atoms with Crippen LogP contribution in [-0.4, -0.2) is 31.0 Å². The summed E-state index contributed by atoms with van der Waals surface area (Å²) in [5, 5.41) is 0. The molecule has 0 saturated carbocycles. The minimum Gasteiger partial charge on any atom is -0.462 e. The molecule has 1 N–H and O–H groups in total. The highest BCUT2D eigenvalue weighted by Gasteiger charge is 2.20. The van der Waals surface area contributed by atoms with E-state index in [9.17, 15) is 22.0 Å². The minimum atomic E-state index is -4.23. The number of esters is 1. The molecule has 26 heavy (non-hydrogen) atoms. The van der Waals surface area contributed by atoms with Crippen LogP contribution in [0.1, 0.15) is 36.3 Å². The van der Waals surface area contributed by atoms with Gasteiger partial charge in [0.15, 0.2) is 11.6 Å². The summed E-state index contributed by atoms with van der Waals surface area (Å²) < 4.78 is 57.8. The Bertz CT molecular complexity index is 920. The average molecular weight is 385 g/mol. The number of halogens is 2. The summed E-state index contributed by atoms with van der Waals surface area (Å²) in [5.41, 5.74) is 0.466. The molecule has 0 bridgehead atoms. The number of anilines is 1. The summed E-state index contributed by atoms with van der Waals surface area (Å²) >= 11 is 0. The molecular formula is C16H17F2N3O4S. The van der Waals surface area contributed by atoms with Gasteiger partial charge in [-0.25, -0.2) is 36.7 Å². The van der Waals surface area contributed by atoms with Crippen LogP contribution in [0.2, 0.25) is 0 Å². The Kier molecular flexibility index (Phi) is 6.19. The number of nitrogens with one attached hydrogen (secondary N) is 1. The SMILES string of the molecule is CCCc1nc(NS(=O)(=O)c2ccc(F)c(F)c2)ncc1C(=O)OCC. The van der Waals surface area contributed by atoms with Gasteiger partial charge in [0.1, 0.15) is 0 Å². The number of hydrogen-bond acceptors (Lipinski definition) is 6. The van der Waals surface area contributed by atoms with Crippen molar-refractivity contribution < 1.29 is 26.7 Å². The molecule has 0 spiro atoms. The van der Waals surface area contributed by atoms with Gasteiger partial charge in [-0.1, -0.05) is 13.3 Å². The number of benzene rings is 1. The number of sulfonamides is 1. The first-order valence-electron chi connectivity index (χ1n) is 7.79. The summed E-state index contributed by atoms with van der Waals surface area (Å²) in [6.45, 7) is 3.69. The summed E-state index contributed by atoms with van der Waals surface area (Å²) in [4.78, 5) is 19.3. The third-order valence-corrected chi connectivity index (χ3v) is 4.60. The third-order valence-electron chi connectivity index (χ3n) is 3.28. The second kappa shape index (κ2) is 8.17. The highest BCUT2D eigenvalue weighted by molar-refractivity contribution is 7.92. The summed E-state index contributed by atoms with van der Waals surface area (Å²) in [7, 11) is -4.23. The summed E-state index contributed by atoms with van der Waals surface area (Å²) in [5.74, 6) is -3.35. The molecule has 1 aromatic carbocycles. The number of aromatic nitrogens is 2. The number of carbonyl (C=O) groups is 1. The van der Waals surface area contributed by atoms with Gasteiger partial charge in [0.05, 0.1) is 22.8 Å². The monoisotopic (exact) mass is 385 g/mol. The Morgan fingerprint density at radius 2 is 1.96 bits per heavy atom. The van der Waals surface area contributed by atoms with E-state index in [0.717, 1.165) is 6.07 Å². The molecule has 0 fully saturated rings. The van der Waals surface area contributed by atoms with Gasteiger partial charge in [-0.3, -0.25) is 0 Å². The molecule has 140 valence electrons. The van der Waals surface area contributed by atoms with Gasteiger partial charge in [0, 0.05) is 6.20 Å². The molecule has 0 unspecified atom stereocenters. The van der Waals surface area contributed by atoms with E-state index >= 15 is 0 Å². The second-order valence-corrected chi connectivity index (χ2v) is 6.89. The van der Waals surface area contributed by atoms with E-state index in [2.05, 4.69) is 14.7 Å². The molecule has 1 aromatic heterocycles. The van der Waals surface area contributed by atoms with Crippen LogP contribution < -0.4 is 4.72 Å². The van der Waals surface area contributed by atoms with Crippen LogP contribution in [0, 0.1) is 11.6 Å². The van der Waals surface area contributed by atoms with E-state index in [1.165, 1.54) is 6.20 Å². The van der Waals surface area contributed by atoms with Crippen molar-refractivity contribution in [2.24, 2.45) is 0 Å². The third kappa shape index (κ3) is 4.51. The van der Waals surface area contributed by atoms with Gasteiger partial charge in [-0.2, -0.15) is 0 Å². The van der Waals surface area contributed by atoms with E-state index in [1.54, 1.807) is 6.92 Å². The number of carbonyl (C=O) groups excluding carboxylic acids is 1. The van der Waals surface area contributed by atoms with Crippen molar-refractivity contribution in [3.05, 3.63) is 47.3 Å². The summed E-state index contributed by atoms with van der Waals surface area (Å²) in [6.07, 6.45) is 2.22. The molecule has 2 aromatic rings. The van der Waals surface area contributed by atoms with E-state index in [4.69, 9.17) is 4.74 Å². The predicted molar refractivity (Wildman–Crippen MR) is 89.2 cm³/mol. The lowest BCUT2D eigenvalue weighted by atomic mass is 10.1. The van der Waals surface area contributed by atoms with Gasteiger partial charge in [0.25, 0.3) is 10.0 Å². The van der Waals surface area contributed by atoms with Crippen molar-refractivity contribution in [1.29, 1.82) is 0 Å². The van der Waals surface area contributed by atoms with Crippen molar-refractivity contribution in [2.45, 2.75) is 31.6 Å². The lowest BCUT2D eigenvalue weighted by molar-refractivity contribution is 0.0524. The smallest absolute Gasteiger partial charge is 0.341 e. The molecule has 0 radical (unpaired) electrons. The Hall–Kier alpha value is -2.62. The largest absolute Gasteiger partial charge is 0.462 e. The van der Waals surface area contributed by atoms with Crippen LogP contribution >= 0.6 is 0 Å². The number of nitrogens with zero attached hydrogens (tertiary/aromatic N) is 2. The lowest BCUT2D eigenvalue weighted by Crippen LogP contribution is -2.18. The van der Waals surface area contributed by atoms with Gasteiger partial charge in [0.2, 0.25) is 5.95 Å². The zero-order valence-corrected chi connectivity index (χ0v) is 14.9. The van der Waals surface area contributed by atoms with Crippen LogP contribution in [0.15, 0.2) is 29.3 Å². The zero-order valence-electron chi connectivity index (χ0n) is 14.1. The fourth-order valence-corrected chi connectivity index (χ4v) is 3.06. The number of aryl methyl sites for hydroxylation is 1. The first kappa shape index (κ1) is 19.7. The van der Waals surface area contributed by atoms with Gasteiger partial charge in [-0.05, 0) is 31.5 Å². The van der Waals surface area contributed by atoms with Gasteiger partial charge in [-0.15, -0.1) is 0 Å². The van der Waals surface area contributed by atoms with Crippen molar-refractivity contribution in [3.8, 4) is 0 Å². The molecule has 2 rings (SSSR count). The molecule has 0 atom stereocenters. The van der Waals surface area contributed by atoms with Crippen LogP contribution in [0.25, 0.3) is 0 Å². The highest BCUT2D eigenvalue weighted by Crippen LogP contribution is 2.18. The van der Waals surface area contributed by atoms with Gasteiger partial charge < -0.3 is 4.74 Å². The van der Waals surface area contributed by atoms with Crippen LogP contribution in [0.4, 0.5) is 14.7 Å². The van der Waals surface area contributed by atoms with Crippen LogP contribution in [0.5, 0.6) is 0 Å². The Morgan fingerprint density at radius 1 is 1.23 bits per heavy atom. The van der Waals surface area contributed by atoms with E-state index in [0.29, 0.717) is 30.7 Å². The van der Waals surface area contributed by atoms with Crippen molar-refractivity contribution in [1.82, 2.24) is 9.97 Å². The number of rotatable bonds is 7. The molecule has 7 nitrogen and oxygen atoms in total. The average Bonchev–Trinajstić information content (AvgIpc) is 2.57. The second-order valence-electron chi connectivity index (χ2n) is 5.21. The fourth-order valence-electron chi connectivity index (χ4n) is 2.10. The lowest BCUT2D eigenvalue weighted by Gasteiger charge is -2.11. The molecule has 0 aliphatic carbocycles. The van der Waals surface area contributed by atoms with Crippen molar-refractivity contribution >= 4 is 21.9 Å². The molecule has 0 aliphatic rings. The standard InChI is InChI=1S/C16H17F2N3O4S/c1-3-5-14-11(15(22)25-4-2)9-19-16(20-14)21-26(23,24)10-6-7-12(17)13(18)8-10/h6-9H,3-5H2,1-2H3,(H,19,20,21). The number of hydrogen-bond donors (Lipinski definition) is 1. The van der Waals surface area contributed by atoms with Crippen molar-refractivity contribution in [2.75, 3.05) is 11.3 Å². The maximum atomic E-state index is 13.3. The molecular weight excluding hydrogens is 368 g/mol. The van der Waals surface area contributed by atoms with Gasteiger partial charge >= 0.3 is 5.97 Å². The maximum absolute atomic E-state index is 13.3. The Labute approximate surface area is 149 Å². The molecule has 0 aliphatic heterocycles. The maximum Gasteiger partial charge on any atom is 0.341 e. The van der Waals surface area contributed by atoms with Crippen LogP contribution in [-0.2, 0) is 21.2 Å². The predicted octanol–water partition coefficient (Wildman–Crippen LogP) is 2.68. The number of ether oxygens (including phenoxy) is 1. The summed E-state index contributed by atoms with van der Waals surface area (Å²) in [6, 6.07) is 2.18. The van der Waals surface area contributed by atoms with E-state index in [1.807, 2.05) is 6.92 Å². The normalized spacial score (nSPS) is 11.2. The topological polar surface area (TPSA) is 98.3 Å². The minimum absolute atomic E-state index is 0.143. The molecule has 0 amide bonds. The Morgan fingerprint density at radius 3 is 2.58 bits per heavy atom. The molecule has 0 saturated heterocycles. The van der Waals surface area contributed by atoms with E-state index in [-0.39, 0.29) is 18.1 Å². The first-order chi connectivity index (χ1) is 12.3. The molecule has 1 heterocycles. The first-order valence-corrected chi connectivity index (χ1v) is 9.27. The quantitative estimate of drug-likeness (QED) is 0.736. The van der Waals surface area contributed by atoms with Crippen LogP contribution in [0.3, 0.4) is 0 Å². The highest BCUT2D eigenvalue weighted by atomic mass is 32.2. The fraction of sp³-hybridized carbons (Fsp3) is 0.312. The molecule has 10 heteroatoms. The Balaban J connectivity index is 2.34.